The minimum atomic E-state index is -0.464. The van der Waals surface area contributed by atoms with E-state index in [-0.39, 0.29) is 11.6 Å². The largest absolute Gasteiger partial charge is 0.321 e. The highest BCUT2D eigenvalue weighted by atomic mass is 79.9. The molecule has 1 N–H and O–H groups in total. The number of rotatable bonds is 3. The van der Waals surface area contributed by atoms with E-state index < -0.39 is 4.92 Å². The Balaban J connectivity index is 2.32. The average molecular weight is 349 g/mol. The van der Waals surface area contributed by atoms with Gasteiger partial charge in [0.25, 0.3) is 11.6 Å². The third-order valence-corrected chi connectivity index (χ3v) is 3.51. The molecular formula is C15H13BrN2O3. The number of nitrogens with one attached hydrogen (secondary N) is 1. The Labute approximate surface area is 130 Å². The summed E-state index contributed by atoms with van der Waals surface area (Å²) in [5, 5.41) is 13.6. The van der Waals surface area contributed by atoms with Crippen LogP contribution in [0.5, 0.6) is 0 Å². The van der Waals surface area contributed by atoms with Gasteiger partial charge < -0.3 is 5.32 Å². The predicted octanol–water partition coefficient (Wildman–Crippen LogP) is 4.23. The number of aryl methyl sites for hydroxylation is 1. The fraction of sp³-hybridized carbons (Fsp3) is 0.133. The molecule has 0 saturated carbocycles. The van der Waals surface area contributed by atoms with Gasteiger partial charge in [-0.05, 0) is 43.7 Å². The first-order chi connectivity index (χ1) is 9.88. The van der Waals surface area contributed by atoms with Gasteiger partial charge >= 0.3 is 0 Å². The van der Waals surface area contributed by atoms with E-state index >= 15 is 0 Å². The van der Waals surface area contributed by atoms with E-state index in [1.807, 2.05) is 13.0 Å². The monoisotopic (exact) mass is 348 g/mol. The number of nitrogens with zero attached hydrogens (tertiary/aromatic N) is 1. The molecule has 2 aromatic rings. The Kier molecular flexibility index (Phi) is 4.37. The molecule has 108 valence electrons. The Morgan fingerprint density at radius 1 is 1.24 bits per heavy atom. The second-order valence-electron chi connectivity index (χ2n) is 4.68. The highest BCUT2D eigenvalue weighted by Gasteiger charge is 2.15. The Morgan fingerprint density at radius 3 is 2.57 bits per heavy atom. The summed E-state index contributed by atoms with van der Waals surface area (Å²) in [6, 6.07) is 9.96. The molecule has 0 saturated heterocycles. The van der Waals surface area contributed by atoms with Crippen molar-refractivity contribution in [2.45, 2.75) is 13.8 Å². The molecule has 0 bridgehead atoms. The molecule has 0 aromatic heterocycles. The van der Waals surface area contributed by atoms with Crippen LogP contribution in [0.4, 0.5) is 11.4 Å². The fourth-order valence-electron chi connectivity index (χ4n) is 2.02. The van der Waals surface area contributed by atoms with Gasteiger partial charge in [0.05, 0.1) is 16.2 Å². The van der Waals surface area contributed by atoms with E-state index in [1.165, 1.54) is 6.07 Å². The summed E-state index contributed by atoms with van der Waals surface area (Å²) in [7, 11) is 0. The van der Waals surface area contributed by atoms with Crippen molar-refractivity contribution in [3.63, 3.8) is 0 Å². The zero-order valence-electron chi connectivity index (χ0n) is 11.5. The Morgan fingerprint density at radius 2 is 1.95 bits per heavy atom. The van der Waals surface area contributed by atoms with E-state index in [9.17, 15) is 14.9 Å². The van der Waals surface area contributed by atoms with Gasteiger partial charge in [-0.15, -0.1) is 0 Å². The quantitative estimate of drug-likeness (QED) is 0.666. The minimum Gasteiger partial charge on any atom is -0.321 e. The van der Waals surface area contributed by atoms with Crippen LogP contribution in [0, 0.1) is 24.0 Å². The SMILES string of the molecule is Cc1cc(Br)cc(C(=O)Nc2cccc([N+](=O)[O-])c2C)c1. The smallest absolute Gasteiger partial charge is 0.274 e. The van der Waals surface area contributed by atoms with Crippen molar-refractivity contribution in [1.29, 1.82) is 0 Å². The molecular weight excluding hydrogens is 336 g/mol. The molecule has 21 heavy (non-hydrogen) atoms. The van der Waals surface area contributed by atoms with E-state index in [0.29, 0.717) is 16.8 Å². The van der Waals surface area contributed by atoms with Crippen LogP contribution in [0.2, 0.25) is 0 Å². The van der Waals surface area contributed by atoms with Crippen molar-refractivity contribution >= 4 is 33.2 Å². The number of anilines is 1. The number of amides is 1. The van der Waals surface area contributed by atoms with E-state index in [2.05, 4.69) is 21.2 Å². The molecule has 0 fully saturated rings. The van der Waals surface area contributed by atoms with E-state index in [0.717, 1.165) is 10.0 Å². The van der Waals surface area contributed by atoms with Crippen molar-refractivity contribution in [2.24, 2.45) is 0 Å². The summed E-state index contributed by atoms with van der Waals surface area (Å²) in [5.74, 6) is -0.303. The maximum absolute atomic E-state index is 12.3. The van der Waals surface area contributed by atoms with Crippen LogP contribution >= 0.6 is 15.9 Å². The highest BCUT2D eigenvalue weighted by Crippen LogP contribution is 2.26. The summed E-state index contributed by atoms with van der Waals surface area (Å²) in [6.45, 7) is 3.50. The first-order valence-electron chi connectivity index (χ1n) is 6.21. The molecule has 0 spiro atoms. The van der Waals surface area contributed by atoms with Crippen LogP contribution in [0.25, 0.3) is 0 Å². The summed E-state index contributed by atoms with van der Waals surface area (Å²) < 4.78 is 0.809. The molecule has 0 atom stereocenters. The lowest BCUT2D eigenvalue weighted by molar-refractivity contribution is -0.385. The van der Waals surface area contributed by atoms with Gasteiger partial charge in [0.15, 0.2) is 0 Å². The molecule has 5 nitrogen and oxygen atoms in total. The number of halogens is 1. The average Bonchev–Trinajstić information content (AvgIpc) is 2.39. The lowest BCUT2D eigenvalue weighted by atomic mass is 10.1. The molecule has 0 aliphatic carbocycles. The lowest BCUT2D eigenvalue weighted by Gasteiger charge is -2.09. The number of carbonyl (C=O) groups excluding carboxylic acids is 1. The zero-order valence-corrected chi connectivity index (χ0v) is 13.1. The third-order valence-electron chi connectivity index (χ3n) is 3.05. The Bertz CT molecular complexity index is 709. The Hall–Kier alpha value is -2.21. The van der Waals surface area contributed by atoms with Gasteiger partial charge in [-0.3, -0.25) is 14.9 Å². The van der Waals surface area contributed by atoms with Crippen LogP contribution in [0.3, 0.4) is 0 Å². The molecule has 1 amide bonds. The van der Waals surface area contributed by atoms with Crippen molar-refractivity contribution in [2.75, 3.05) is 5.32 Å². The second-order valence-corrected chi connectivity index (χ2v) is 5.59. The number of nitro groups is 1. The van der Waals surface area contributed by atoms with Gasteiger partial charge in [0.2, 0.25) is 0 Å². The summed E-state index contributed by atoms with van der Waals surface area (Å²) >= 11 is 3.34. The van der Waals surface area contributed by atoms with Crippen LogP contribution in [0.1, 0.15) is 21.5 Å². The topological polar surface area (TPSA) is 72.2 Å². The summed E-state index contributed by atoms with van der Waals surface area (Å²) in [4.78, 5) is 22.7. The van der Waals surface area contributed by atoms with Crippen LogP contribution in [-0.4, -0.2) is 10.8 Å². The van der Waals surface area contributed by atoms with Gasteiger partial charge in [-0.2, -0.15) is 0 Å². The normalized spacial score (nSPS) is 10.2. The van der Waals surface area contributed by atoms with Crippen LogP contribution in [0.15, 0.2) is 40.9 Å². The third kappa shape index (κ3) is 3.46. The molecule has 0 heterocycles. The molecule has 0 aliphatic heterocycles. The van der Waals surface area contributed by atoms with E-state index in [4.69, 9.17) is 0 Å². The van der Waals surface area contributed by atoms with Gasteiger partial charge in [0.1, 0.15) is 0 Å². The lowest BCUT2D eigenvalue weighted by Crippen LogP contribution is -2.13. The number of hydrogen-bond acceptors (Lipinski definition) is 3. The number of nitro benzene ring substituents is 1. The van der Waals surface area contributed by atoms with Crippen molar-refractivity contribution in [3.8, 4) is 0 Å². The first-order valence-corrected chi connectivity index (χ1v) is 7.00. The van der Waals surface area contributed by atoms with Crippen molar-refractivity contribution in [1.82, 2.24) is 0 Å². The number of benzene rings is 2. The highest BCUT2D eigenvalue weighted by molar-refractivity contribution is 9.10. The molecule has 2 aromatic carbocycles. The molecule has 0 radical (unpaired) electrons. The molecule has 2 rings (SSSR count). The molecule has 0 aliphatic rings. The van der Waals surface area contributed by atoms with Crippen molar-refractivity contribution in [3.05, 3.63) is 67.7 Å². The van der Waals surface area contributed by atoms with E-state index in [1.54, 1.807) is 31.2 Å². The molecule has 0 unspecified atom stereocenters. The maximum atomic E-state index is 12.3. The van der Waals surface area contributed by atoms with Gasteiger partial charge in [-0.1, -0.05) is 22.0 Å². The summed E-state index contributed by atoms with van der Waals surface area (Å²) in [5.41, 5.74) is 2.30. The zero-order chi connectivity index (χ0) is 15.6. The first kappa shape index (κ1) is 15.2. The summed E-state index contributed by atoms with van der Waals surface area (Å²) in [6.07, 6.45) is 0. The second kappa shape index (κ2) is 6.05. The predicted molar refractivity (Wildman–Crippen MR) is 84.7 cm³/mol. The standard InChI is InChI=1S/C15H13BrN2O3/c1-9-6-11(8-12(16)7-9)15(19)17-13-4-3-5-14(10(13)2)18(20)21/h3-8H,1-2H3,(H,17,19). The van der Waals surface area contributed by atoms with Crippen LogP contribution < -0.4 is 5.32 Å². The van der Waals surface area contributed by atoms with Crippen LogP contribution in [-0.2, 0) is 0 Å². The fourth-order valence-corrected chi connectivity index (χ4v) is 2.63. The van der Waals surface area contributed by atoms with Gasteiger partial charge in [-0.25, -0.2) is 0 Å². The number of carbonyl (C=O) groups is 1. The molecule has 6 heteroatoms. The van der Waals surface area contributed by atoms with Gasteiger partial charge in [0, 0.05) is 16.1 Å². The minimum absolute atomic E-state index is 0.0155. The maximum Gasteiger partial charge on any atom is 0.274 e. The van der Waals surface area contributed by atoms with Crippen molar-refractivity contribution < 1.29 is 9.72 Å². The number of hydrogen-bond donors (Lipinski definition) is 1.